The minimum atomic E-state index is -4.51. The zero-order valence-corrected chi connectivity index (χ0v) is 22.6. The first-order valence-electron chi connectivity index (χ1n) is 13.2. The smallest absolute Gasteiger partial charge is 0.419 e. The molecule has 0 bridgehead atoms. The molecule has 0 aliphatic carbocycles. The summed E-state index contributed by atoms with van der Waals surface area (Å²) in [6.07, 6.45) is -2.37. The normalized spacial score (nSPS) is 19.0. The van der Waals surface area contributed by atoms with Crippen molar-refractivity contribution in [3.63, 3.8) is 0 Å². The zero-order valence-electron chi connectivity index (χ0n) is 21.8. The number of nitrogens with zero attached hydrogens (tertiary/aromatic N) is 6. The summed E-state index contributed by atoms with van der Waals surface area (Å²) in [5, 5.41) is 2.68. The number of rotatable bonds is 4. The van der Waals surface area contributed by atoms with Crippen LogP contribution in [0.2, 0.25) is 5.02 Å². The van der Waals surface area contributed by atoms with E-state index in [-0.39, 0.29) is 10.8 Å². The van der Waals surface area contributed by atoms with Crippen molar-refractivity contribution in [2.75, 3.05) is 60.5 Å². The highest BCUT2D eigenvalue weighted by Crippen LogP contribution is 2.36. The second-order valence-corrected chi connectivity index (χ2v) is 10.7. The van der Waals surface area contributed by atoms with Gasteiger partial charge in [0.1, 0.15) is 23.1 Å². The van der Waals surface area contributed by atoms with Crippen LogP contribution in [0.3, 0.4) is 0 Å². The average Bonchev–Trinajstić information content (AvgIpc) is 3.33. The van der Waals surface area contributed by atoms with Crippen LogP contribution in [0.25, 0.3) is 11.3 Å². The fourth-order valence-corrected chi connectivity index (χ4v) is 5.62. The van der Waals surface area contributed by atoms with Crippen molar-refractivity contribution in [2.45, 2.75) is 24.6 Å². The number of hydrogen-bond donors (Lipinski definition) is 1. The van der Waals surface area contributed by atoms with E-state index >= 15 is 0 Å². The van der Waals surface area contributed by atoms with Crippen LogP contribution in [-0.2, 0) is 10.9 Å². The van der Waals surface area contributed by atoms with E-state index in [0.29, 0.717) is 81.7 Å². The van der Waals surface area contributed by atoms with Crippen molar-refractivity contribution in [3.8, 4) is 11.3 Å². The predicted octanol–water partition coefficient (Wildman–Crippen LogP) is 4.76. The van der Waals surface area contributed by atoms with Crippen LogP contribution >= 0.6 is 11.6 Å². The predicted molar refractivity (Wildman–Crippen MR) is 145 cm³/mol. The maximum Gasteiger partial charge on any atom is 0.419 e. The standard InChI is InChI=1S/C27H26ClF4N7O2/c28-19-14-17(3-4-20(19)29)21-15-22(36-24(35-21)39-8-5-26(6-9-39)16-34-25(40)41-26)37-10-12-38(13-11-37)23-18(27(30,31)32)2-1-7-33-23/h1-4,7,14-15H,5-6,8-13,16H2,(H,34,40). The number of carbonyl (C=O) groups excluding carboxylic acids is 1. The molecule has 3 aromatic rings. The second kappa shape index (κ2) is 10.5. The fraction of sp³-hybridized carbons (Fsp3) is 0.407. The molecule has 14 heteroatoms. The van der Waals surface area contributed by atoms with Crippen LogP contribution in [0.15, 0.2) is 42.6 Å². The third kappa shape index (κ3) is 5.54. The van der Waals surface area contributed by atoms with Gasteiger partial charge >= 0.3 is 12.3 Å². The highest BCUT2D eigenvalue weighted by atomic mass is 35.5. The molecule has 0 radical (unpaired) electrons. The Morgan fingerprint density at radius 3 is 2.34 bits per heavy atom. The van der Waals surface area contributed by atoms with Gasteiger partial charge in [0, 0.05) is 69.9 Å². The number of anilines is 3. The van der Waals surface area contributed by atoms with Crippen LogP contribution < -0.4 is 20.0 Å². The van der Waals surface area contributed by atoms with Gasteiger partial charge < -0.3 is 24.8 Å². The Kier molecular flexibility index (Phi) is 7.00. The first-order chi connectivity index (χ1) is 19.6. The Bertz CT molecular complexity index is 1460. The summed E-state index contributed by atoms with van der Waals surface area (Å²) < 4.78 is 60.2. The average molecular weight is 592 g/mol. The lowest BCUT2D eigenvalue weighted by atomic mass is 9.92. The molecule has 5 heterocycles. The summed E-state index contributed by atoms with van der Waals surface area (Å²) in [5.41, 5.74) is -0.173. The lowest BCUT2D eigenvalue weighted by Crippen LogP contribution is -2.48. The van der Waals surface area contributed by atoms with Crippen molar-refractivity contribution in [1.29, 1.82) is 0 Å². The molecule has 0 atom stereocenters. The van der Waals surface area contributed by atoms with Crippen molar-refractivity contribution in [1.82, 2.24) is 20.3 Å². The van der Waals surface area contributed by atoms with Gasteiger partial charge in [0.25, 0.3) is 0 Å². The van der Waals surface area contributed by atoms with Gasteiger partial charge in [-0.25, -0.2) is 19.2 Å². The van der Waals surface area contributed by atoms with Crippen molar-refractivity contribution < 1.29 is 27.1 Å². The molecule has 2 aromatic heterocycles. The number of piperidine rings is 1. The van der Waals surface area contributed by atoms with Crippen molar-refractivity contribution in [3.05, 3.63) is 59.0 Å². The molecule has 9 nitrogen and oxygen atoms in total. The molecule has 0 unspecified atom stereocenters. The van der Waals surface area contributed by atoms with E-state index in [9.17, 15) is 22.4 Å². The minimum Gasteiger partial charge on any atom is -0.441 e. The SMILES string of the molecule is O=C1NCC2(CCN(c3nc(-c4ccc(F)c(Cl)c4)cc(N4CCN(c5ncccc5C(F)(F)F)CC4)n3)CC2)O1. The zero-order chi connectivity index (χ0) is 28.8. The molecule has 6 rings (SSSR count). The molecule has 3 aliphatic heterocycles. The molecule has 3 saturated heterocycles. The molecule has 0 saturated carbocycles. The molecular weight excluding hydrogens is 566 g/mol. The third-order valence-corrected chi connectivity index (χ3v) is 8.02. The lowest BCUT2D eigenvalue weighted by molar-refractivity contribution is -0.137. The summed E-state index contributed by atoms with van der Waals surface area (Å²) in [6, 6.07) is 8.46. The van der Waals surface area contributed by atoms with Gasteiger partial charge in [0.05, 0.1) is 22.8 Å². The summed E-state index contributed by atoms with van der Waals surface area (Å²) in [4.78, 5) is 30.9. The van der Waals surface area contributed by atoms with Crippen molar-refractivity contribution in [2.24, 2.45) is 0 Å². The van der Waals surface area contributed by atoms with Gasteiger partial charge in [-0.15, -0.1) is 0 Å². The quantitative estimate of drug-likeness (QED) is 0.435. The van der Waals surface area contributed by atoms with E-state index in [1.807, 2.05) is 9.80 Å². The van der Waals surface area contributed by atoms with E-state index in [2.05, 4.69) is 10.3 Å². The minimum absolute atomic E-state index is 0.0379. The van der Waals surface area contributed by atoms with E-state index in [1.165, 1.54) is 24.4 Å². The number of hydrogen-bond acceptors (Lipinski definition) is 8. The number of alkyl halides is 3. The highest BCUT2D eigenvalue weighted by Gasteiger charge is 2.43. The van der Waals surface area contributed by atoms with E-state index < -0.39 is 29.3 Å². The molecular formula is C27H26ClF4N7O2. The number of halogens is 5. The number of amides is 1. The Morgan fingerprint density at radius 1 is 0.951 bits per heavy atom. The first-order valence-corrected chi connectivity index (χ1v) is 13.6. The summed E-state index contributed by atoms with van der Waals surface area (Å²) >= 11 is 6.06. The van der Waals surface area contributed by atoms with Crippen LogP contribution in [0, 0.1) is 5.82 Å². The Hall–Kier alpha value is -3.87. The Morgan fingerprint density at radius 2 is 1.68 bits per heavy atom. The fourth-order valence-electron chi connectivity index (χ4n) is 5.44. The summed E-state index contributed by atoms with van der Waals surface area (Å²) in [6.45, 7) is 2.97. The maximum absolute atomic E-state index is 13.9. The Labute approximate surface area is 238 Å². The van der Waals surface area contributed by atoms with Gasteiger partial charge in [0.2, 0.25) is 5.95 Å². The number of ether oxygens (including phenoxy) is 1. The summed E-state index contributed by atoms with van der Waals surface area (Å²) in [7, 11) is 0. The van der Waals surface area contributed by atoms with Crippen LogP contribution in [0.4, 0.5) is 39.9 Å². The molecule has 1 amide bonds. The van der Waals surface area contributed by atoms with E-state index in [4.69, 9.17) is 26.3 Å². The van der Waals surface area contributed by atoms with Crippen LogP contribution in [0.5, 0.6) is 0 Å². The number of benzene rings is 1. The number of piperazine rings is 1. The first kappa shape index (κ1) is 27.3. The second-order valence-electron chi connectivity index (χ2n) is 10.3. The molecule has 216 valence electrons. The number of nitrogens with one attached hydrogen (secondary N) is 1. The third-order valence-electron chi connectivity index (χ3n) is 7.73. The molecule has 3 fully saturated rings. The molecule has 1 spiro atoms. The number of carbonyl (C=O) groups is 1. The number of alkyl carbamates (subject to hydrolysis) is 1. The van der Waals surface area contributed by atoms with Gasteiger partial charge in [-0.3, -0.25) is 0 Å². The molecule has 41 heavy (non-hydrogen) atoms. The number of aromatic nitrogens is 3. The van der Waals surface area contributed by atoms with Gasteiger partial charge in [-0.05, 0) is 30.3 Å². The topological polar surface area (TPSA) is 86.7 Å². The van der Waals surface area contributed by atoms with Crippen LogP contribution in [-0.4, -0.2) is 72.5 Å². The monoisotopic (exact) mass is 591 g/mol. The van der Waals surface area contributed by atoms with Crippen molar-refractivity contribution >= 4 is 35.3 Å². The highest BCUT2D eigenvalue weighted by molar-refractivity contribution is 6.31. The molecule has 3 aliphatic rings. The maximum atomic E-state index is 13.9. The van der Waals surface area contributed by atoms with Crippen LogP contribution in [0.1, 0.15) is 18.4 Å². The lowest BCUT2D eigenvalue weighted by Gasteiger charge is -2.39. The molecule has 1 N–H and O–H groups in total. The van der Waals surface area contributed by atoms with Gasteiger partial charge in [-0.2, -0.15) is 18.2 Å². The molecule has 1 aromatic carbocycles. The summed E-state index contributed by atoms with van der Waals surface area (Å²) in [5.74, 6) is 0.414. The Balaban J connectivity index is 1.26. The van der Waals surface area contributed by atoms with E-state index in [1.54, 1.807) is 17.0 Å². The largest absolute Gasteiger partial charge is 0.441 e. The number of pyridine rings is 1. The van der Waals surface area contributed by atoms with E-state index in [0.717, 1.165) is 6.07 Å². The van der Waals surface area contributed by atoms with Gasteiger partial charge in [0.15, 0.2) is 0 Å². The van der Waals surface area contributed by atoms with Gasteiger partial charge in [-0.1, -0.05) is 11.6 Å².